The highest BCUT2D eigenvalue weighted by atomic mass is 35.5. The maximum absolute atomic E-state index is 5.98. The number of nitrogens with zero attached hydrogens (tertiary/aromatic N) is 1. The van der Waals surface area contributed by atoms with Crippen LogP contribution in [0.3, 0.4) is 0 Å². The SMILES string of the molecule is COc1cc(-c2cc(C)ccc2OC)cc(Cl)n1. The quantitative estimate of drug-likeness (QED) is 0.791. The lowest BCUT2D eigenvalue weighted by Gasteiger charge is -2.11. The van der Waals surface area contributed by atoms with Crippen molar-refractivity contribution in [1.29, 1.82) is 0 Å². The molecule has 0 saturated carbocycles. The van der Waals surface area contributed by atoms with E-state index in [0.29, 0.717) is 11.0 Å². The van der Waals surface area contributed by atoms with Crippen LogP contribution < -0.4 is 9.47 Å². The van der Waals surface area contributed by atoms with E-state index in [1.165, 1.54) is 0 Å². The van der Waals surface area contributed by atoms with Crippen LogP contribution in [0.1, 0.15) is 5.56 Å². The van der Waals surface area contributed by atoms with Crippen molar-refractivity contribution in [1.82, 2.24) is 4.98 Å². The fraction of sp³-hybridized carbons (Fsp3) is 0.214. The minimum Gasteiger partial charge on any atom is -0.496 e. The molecule has 0 amide bonds. The smallest absolute Gasteiger partial charge is 0.214 e. The standard InChI is InChI=1S/C14H14ClNO2/c1-9-4-5-12(17-2)11(6-9)10-7-13(15)16-14(8-10)18-3/h4-8H,1-3H3. The zero-order chi connectivity index (χ0) is 13.1. The summed E-state index contributed by atoms with van der Waals surface area (Å²) < 4.78 is 10.5. The van der Waals surface area contributed by atoms with Crippen molar-refractivity contribution in [3.8, 4) is 22.8 Å². The average molecular weight is 264 g/mol. The topological polar surface area (TPSA) is 31.4 Å². The van der Waals surface area contributed by atoms with Crippen molar-refractivity contribution in [2.45, 2.75) is 6.92 Å². The Kier molecular flexibility index (Phi) is 3.72. The van der Waals surface area contributed by atoms with Crippen molar-refractivity contribution in [3.63, 3.8) is 0 Å². The van der Waals surface area contributed by atoms with Gasteiger partial charge in [0, 0.05) is 11.6 Å². The summed E-state index contributed by atoms with van der Waals surface area (Å²) in [5.41, 5.74) is 3.05. The Hall–Kier alpha value is -1.74. The van der Waals surface area contributed by atoms with Gasteiger partial charge in [0.25, 0.3) is 0 Å². The molecule has 2 aromatic rings. The Labute approximate surface area is 111 Å². The van der Waals surface area contributed by atoms with Gasteiger partial charge in [0.1, 0.15) is 10.9 Å². The first-order chi connectivity index (χ1) is 8.63. The number of ether oxygens (including phenoxy) is 2. The summed E-state index contributed by atoms with van der Waals surface area (Å²) in [4.78, 5) is 4.06. The average Bonchev–Trinajstić information content (AvgIpc) is 2.38. The highest BCUT2D eigenvalue weighted by molar-refractivity contribution is 6.29. The molecule has 1 aromatic carbocycles. The number of pyridine rings is 1. The van der Waals surface area contributed by atoms with Gasteiger partial charge in [-0.3, -0.25) is 0 Å². The minimum absolute atomic E-state index is 0.396. The minimum atomic E-state index is 0.396. The van der Waals surface area contributed by atoms with E-state index in [2.05, 4.69) is 4.98 Å². The van der Waals surface area contributed by atoms with Gasteiger partial charge in [0.05, 0.1) is 14.2 Å². The van der Waals surface area contributed by atoms with Crippen LogP contribution in [0.25, 0.3) is 11.1 Å². The molecule has 0 radical (unpaired) electrons. The molecule has 0 bridgehead atoms. The van der Waals surface area contributed by atoms with Crippen LogP contribution in [0.5, 0.6) is 11.6 Å². The predicted octanol–water partition coefficient (Wildman–Crippen LogP) is 3.73. The normalized spacial score (nSPS) is 10.2. The molecule has 0 N–H and O–H groups in total. The highest BCUT2D eigenvalue weighted by Gasteiger charge is 2.09. The van der Waals surface area contributed by atoms with E-state index < -0.39 is 0 Å². The number of rotatable bonds is 3. The highest BCUT2D eigenvalue weighted by Crippen LogP contribution is 2.33. The molecule has 0 unspecified atom stereocenters. The van der Waals surface area contributed by atoms with Crippen LogP contribution in [0.15, 0.2) is 30.3 Å². The third-order valence-corrected chi connectivity index (χ3v) is 2.84. The Bertz CT molecular complexity index is 570. The van der Waals surface area contributed by atoms with Crippen LogP contribution in [0, 0.1) is 6.92 Å². The van der Waals surface area contributed by atoms with Crippen LogP contribution in [0.4, 0.5) is 0 Å². The molecule has 2 rings (SSSR count). The van der Waals surface area contributed by atoms with Gasteiger partial charge in [-0.25, -0.2) is 4.98 Å². The Balaban J connectivity index is 2.60. The summed E-state index contributed by atoms with van der Waals surface area (Å²) in [5.74, 6) is 1.28. The van der Waals surface area contributed by atoms with E-state index in [9.17, 15) is 0 Å². The summed E-state index contributed by atoms with van der Waals surface area (Å²) in [6.07, 6.45) is 0. The molecule has 0 saturated heterocycles. The van der Waals surface area contributed by atoms with Crippen molar-refractivity contribution in [2.75, 3.05) is 14.2 Å². The van der Waals surface area contributed by atoms with Gasteiger partial charge in [-0.2, -0.15) is 0 Å². The second-order valence-electron chi connectivity index (χ2n) is 3.92. The molecule has 0 aliphatic carbocycles. The largest absolute Gasteiger partial charge is 0.496 e. The van der Waals surface area contributed by atoms with Gasteiger partial charge >= 0.3 is 0 Å². The third kappa shape index (κ3) is 2.57. The second-order valence-corrected chi connectivity index (χ2v) is 4.31. The predicted molar refractivity (Wildman–Crippen MR) is 72.5 cm³/mol. The van der Waals surface area contributed by atoms with Gasteiger partial charge in [0.15, 0.2) is 0 Å². The molecule has 0 aliphatic heterocycles. The van der Waals surface area contributed by atoms with E-state index in [0.717, 1.165) is 22.4 Å². The van der Waals surface area contributed by atoms with Gasteiger partial charge in [0.2, 0.25) is 5.88 Å². The zero-order valence-electron chi connectivity index (χ0n) is 10.5. The van der Waals surface area contributed by atoms with Crippen LogP contribution in [-0.4, -0.2) is 19.2 Å². The van der Waals surface area contributed by atoms with Crippen LogP contribution in [-0.2, 0) is 0 Å². The van der Waals surface area contributed by atoms with Crippen molar-refractivity contribution >= 4 is 11.6 Å². The number of aryl methyl sites for hydroxylation is 1. The number of hydrogen-bond acceptors (Lipinski definition) is 3. The molecular weight excluding hydrogens is 250 g/mol. The Morgan fingerprint density at radius 3 is 2.50 bits per heavy atom. The molecule has 1 heterocycles. The molecule has 0 atom stereocenters. The fourth-order valence-electron chi connectivity index (χ4n) is 1.78. The fourth-order valence-corrected chi connectivity index (χ4v) is 1.98. The lowest BCUT2D eigenvalue weighted by molar-refractivity contribution is 0.398. The van der Waals surface area contributed by atoms with Crippen LogP contribution >= 0.6 is 11.6 Å². The van der Waals surface area contributed by atoms with Crippen molar-refractivity contribution < 1.29 is 9.47 Å². The molecule has 18 heavy (non-hydrogen) atoms. The second kappa shape index (κ2) is 5.27. The maximum atomic E-state index is 5.98. The van der Waals surface area contributed by atoms with E-state index >= 15 is 0 Å². The first-order valence-electron chi connectivity index (χ1n) is 5.50. The Morgan fingerprint density at radius 1 is 1.06 bits per heavy atom. The first kappa shape index (κ1) is 12.7. The lowest BCUT2D eigenvalue weighted by atomic mass is 10.0. The van der Waals surface area contributed by atoms with E-state index in [1.54, 1.807) is 20.3 Å². The van der Waals surface area contributed by atoms with E-state index in [-0.39, 0.29) is 0 Å². The first-order valence-corrected chi connectivity index (χ1v) is 5.88. The Morgan fingerprint density at radius 2 is 1.83 bits per heavy atom. The van der Waals surface area contributed by atoms with E-state index in [1.807, 2.05) is 31.2 Å². The zero-order valence-corrected chi connectivity index (χ0v) is 11.3. The number of halogens is 1. The molecular formula is C14H14ClNO2. The van der Waals surface area contributed by atoms with Gasteiger partial charge < -0.3 is 9.47 Å². The molecule has 4 heteroatoms. The summed E-state index contributed by atoms with van der Waals surface area (Å²) in [7, 11) is 3.21. The third-order valence-electron chi connectivity index (χ3n) is 2.65. The van der Waals surface area contributed by atoms with Crippen molar-refractivity contribution in [3.05, 3.63) is 41.0 Å². The number of hydrogen-bond donors (Lipinski definition) is 0. The monoisotopic (exact) mass is 263 g/mol. The maximum Gasteiger partial charge on any atom is 0.214 e. The molecule has 0 aliphatic rings. The molecule has 3 nitrogen and oxygen atoms in total. The van der Waals surface area contributed by atoms with Crippen molar-refractivity contribution in [2.24, 2.45) is 0 Å². The number of methoxy groups -OCH3 is 2. The van der Waals surface area contributed by atoms with Gasteiger partial charge in [-0.15, -0.1) is 0 Å². The van der Waals surface area contributed by atoms with Gasteiger partial charge in [-0.05, 0) is 30.7 Å². The summed E-state index contributed by atoms with van der Waals surface area (Å²) >= 11 is 5.98. The summed E-state index contributed by atoms with van der Waals surface area (Å²) in [5, 5.41) is 0.396. The van der Waals surface area contributed by atoms with Crippen LogP contribution in [0.2, 0.25) is 5.15 Å². The molecule has 1 aromatic heterocycles. The summed E-state index contributed by atoms with van der Waals surface area (Å²) in [6.45, 7) is 2.03. The number of aromatic nitrogens is 1. The van der Waals surface area contributed by atoms with Gasteiger partial charge in [-0.1, -0.05) is 23.2 Å². The van der Waals surface area contributed by atoms with E-state index in [4.69, 9.17) is 21.1 Å². The molecule has 0 spiro atoms. The summed E-state index contributed by atoms with van der Waals surface area (Å²) in [6, 6.07) is 9.61. The molecule has 94 valence electrons. The lowest BCUT2D eigenvalue weighted by Crippen LogP contribution is -1.92. The number of benzene rings is 1. The molecule has 0 fully saturated rings.